The number of Topliss-reactive ketones (excluding diaryl/α,β-unsaturated/α-hetero) is 1. The zero-order valence-corrected chi connectivity index (χ0v) is 18.1. The van der Waals surface area contributed by atoms with Gasteiger partial charge in [-0.25, -0.2) is 4.39 Å². The van der Waals surface area contributed by atoms with Gasteiger partial charge in [-0.3, -0.25) is 4.79 Å². The van der Waals surface area contributed by atoms with Crippen molar-refractivity contribution < 1.29 is 18.8 Å². The molecular weight excluding hydrogens is 405 g/mol. The van der Waals surface area contributed by atoms with Crippen molar-refractivity contribution in [2.24, 2.45) is 5.16 Å². The van der Waals surface area contributed by atoms with Crippen LogP contribution >= 0.6 is 0 Å². The third kappa shape index (κ3) is 3.29. The fourth-order valence-electron chi connectivity index (χ4n) is 4.89. The lowest BCUT2D eigenvalue weighted by atomic mass is 9.72. The summed E-state index contributed by atoms with van der Waals surface area (Å²) in [7, 11) is 1.62. The molecule has 0 aromatic heterocycles. The Labute approximate surface area is 186 Å². The first kappa shape index (κ1) is 20.4. The molecule has 1 aliphatic heterocycles. The minimum absolute atomic E-state index is 0.0459. The third-order valence-electron chi connectivity index (χ3n) is 6.52. The van der Waals surface area contributed by atoms with E-state index < -0.39 is 11.5 Å². The highest BCUT2D eigenvalue weighted by Crippen LogP contribution is 2.47. The van der Waals surface area contributed by atoms with Crippen LogP contribution in [0.1, 0.15) is 51.4 Å². The van der Waals surface area contributed by atoms with Gasteiger partial charge in [0.2, 0.25) is 11.4 Å². The van der Waals surface area contributed by atoms with Crippen LogP contribution in [0.5, 0.6) is 5.75 Å². The number of fused-ring (bicyclic) bond motifs is 1. The van der Waals surface area contributed by atoms with Crippen LogP contribution in [0.15, 0.2) is 71.9 Å². The van der Waals surface area contributed by atoms with Crippen LogP contribution in [0.25, 0.3) is 0 Å². The van der Waals surface area contributed by atoms with Gasteiger partial charge < -0.3 is 9.57 Å². The van der Waals surface area contributed by atoms with Crippen molar-refractivity contribution in [3.63, 3.8) is 0 Å². The van der Waals surface area contributed by atoms with Crippen LogP contribution < -0.4 is 4.74 Å². The molecule has 0 bridgehead atoms. The molecule has 0 saturated carbocycles. The molecule has 0 fully saturated rings. The van der Waals surface area contributed by atoms with E-state index in [1.54, 1.807) is 19.2 Å². The summed E-state index contributed by atoms with van der Waals surface area (Å²) in [5.74, 6) is -0.0534. The van der Waals surface area contributed by atoms with E-state index in [9.17, 15) is 9.18 Å². The van der Waals surface area contributed by atoms with Crippen LogP contribution in [0.4, 0.5) is 4.39 Å². The topological polar surface area (TPSA) is 47.9 Å². The number of oxime groups is 1. The monoisotopic (exact) mass is 429 g/mol. The average molecular weight is 429 g/mol. The zero-order valence-electron chi connectivity index (χ0n) is 18.1. The molecule has 32 heavy (non-hydrogen) atoms. The number of hydrogen-bond acceptors (Lipinski definition) is 4. The number of methoxy groups -OCH3 is 1. The van der Waals surface area contributed by atoms with E-state index >= 15 is 0 Å². The van der Waals surface area contributed by atoms with Crippen LogP contribution in [0, 0.1) is 12.7 Å². The van der Waals surface area contributed by atoms with Gasteiger partial charge in [0.05, 0.1) is 18.7 Å². The number of carbonyl (C=O) groups excluding carboxylic acids is 1. The number of halogens is 1. The van der Waals surface area contributed by atoms with E-state index in [-0.39, 0.29) is 11.6 Å². The molecule has 5 rings (SSSR count). The molecule has 0 radical (unpaired) electrons. The van der Waals surface area contributed by atoms with Gasteiger partial charge in [0.1, 0.15) is 11.6 Å². The molecule has 0 N–H and O–H groups in total. The Balaban J connectivity index is 1.66. The van der Waals surface area contributed by atoms with Gasteiger partial charge in [-0.15, -0.1) is 0 Å². The number of benzene rings is 3. The lowest BCUT2D eigenvalue weighted by Crippen LogP contribution is -2.45. The highest BCUT2D eigenvalue weighted by Gasteiger charge is 2.56. The molecule has 0 saturated heterocycles. The van der Waals surface area contributed by atoms with Gasteiger partial charge in [-0.1, -0.05) is 47.1 Å². The number of aryl methyl sites for hydroxylation is 2. The highest BCUT2D eigenvalue weighted by molar-refractivity contribution is 6.14. The Morgan fingerprint density at radius 3 is 2.53 bits per heavy atom. The summed E-state index contributed by atoms with van der Waals surface area (Å²) in [6.45, 7) is 1.99. The number of nitrogens with zero attached hydrogens (tertiary/aromatic N) is 1. The minimum atomic E-state index is -1.14. The first-order valence-electron chi connectivity index (χ1n) is 10.8. The predicted octanol–water partition coefficient (Wildman–Crippen LogP) is 5.62. The largest absolute Gasteiger partial charge is 0.497 e. The molecule has 162 valence electrons. The van der Waals surface area contributed by atoms with Crippen molar-refractivity contribution in [3.8, 4) is 5.75 Å². The summed E-state index contributed by atoms with van der Waals surface area (Å²) < 4.78 is 18.9. The van der Waals surface area contributed by atoms with Crippen molar-refractivity contribution in [2.75, 3.05) is 7.11 Å². The maximum Gasteiger partial charge on any atom is 0.212 e. The zero-order chi connectivity index (χ0) is 22.3. The number of hydrogen-bond donors (Lipinski definition) is 0. The quantitative estimate of drug-likeness (QED) is 0.543. The van der Waals surface area contributed by atoms with Crippen LogP contribution in [-0.4, -0.2) is 24.2 Å². The van der Waals surface area contributed by atoms with Gasteiger partial charge in [0.15, 0.2) is 0 Å². The van der Waals surface area contributed by atoms with Gasteiger partial charge in [0.25, 0.3) is 0 Å². The fraction of sp³-hybridized carbons (Fsp3) is 0.259. The Morgan fingerprint density at radius 2 is 1.81 bits per heavy atom. The van der Waals surface area contributed by atoms with Crippen LogP contribution in [-0.2, 0) is 11.3 Å². The lowest BCUT2D eigenvalue weighted by molar-refractivity contribution is -0.0170. The third-order valence-corrected chi connectivity index (χ3v) is 6.52. The molecule has 2 unspecified atom stereocenters. The Hall–Kier alpha value is -3.47. The summed E-state index contributed by atoms with van der Waals surface area (Å²) in [6.07, 6.45) is 2.17. The van der Waals surface area contributed by atoms with Gasteiger partial charge in [0, 0.05) is 11.1 Å². The SMILES string of the molecule is COc1ccc(C2C(c3ccc(F)cc3)=NOC23CCCc2ccc(C)cc2C3=O)cc1. The van der Waals surface area contributed by atoms with Crippen LogP contribution in [0.2, 0.25) is 0 Å². The van der Waals surface area contributed by atoms with E-state index in [1.807, 2.05) is 49.4 Å². The number of carbonyl (C=O) groups is 1. The van der Waals surface area contributed by atoms with Crippen molar-refractivity contribution in [3.05, 3.63) is 100 Å². The first-order chi connectivity index (χ1) is 15.5. The number of ether oxygens (including phenoxy) is 1. The first-order valence-corrected chi connectivity index (χ1v) is 10.8. The fourth-order valence-corrected chi connectivity index (χ4v) is 4.89. The van der Waals surface area contributed by atoms with Gasteiger partial charge in [-0.2, -0.15) is 0 Å². The number of rotatable bonds is 3. The normalized spacial score (nSPS) is 22.2. The average Bonchev–Trinajstić information content (AvgIpc) is 3.14. The second-order valence-electron chi connectivity index (χ2n) is 8.51. The molecule has 3 aromatic rings. The molecule has 4 nitrogen and oxygen atoms in total. The molecule has 3 aromatic carbocycles. The van der Waals surface area contributed by atoms with Crippen molar-refractivity contribution in [1.29, 1.82) is 0 Å². The molecule has 2 aliphatic rings. The smallest absolute Gasteiger partial charge is 0.212 e. The summed E-state index contributed by atoms with van der Waals surface area (Å²) >= 11 is 0. The summed E-state index contributed by atoms with van der Waals surface area (Å²) in [5, 5.41) is 4.44. The molecule has 2 atom stereocenters. The molecule has 0 amide bonds. The Morgan fingerprint density at radius 1 is 1.06 bits per heavy atom. The Bertz CT molecular complexity index is 1200. The maximum absolute atomic E-state index is 14.1. The molecular formula is C27H24FNO3. The van der Waals surface area contributed by atoms with Crippen LogP contribution in [0.3, 0.4) is 0 Å². The van der Waals surface area contributed by atoms with Crippen molar-refractivity contribution >= 4 is 11.5 Å². The number of ketones is 1. The summed E-state index contributed by atoms with van der Waals surface area (Å²) in [6, 6.07) is 19.9. The molecule has 1 heterocycles. The van der Waals surface area contributed by atoms with E-state index in [0.717, 1.165) is 40.8 Å². The maximum atomic E-state index is 14.1. The Kier molecular flexibility index (Phi) is 5.04. The molecule has 1 aliphatic carbocycles. The van der Waals surface area contributed by atoms with Crippen molar-refractivity contribution in [2.45, 2.75) is 37.7 Å². The van der Waals surface area contributed by atoms with E-state index in [1.165, 1.54) is 12.1 Å². The van der Waals surface area contributed by atoms with Crippen molar-refractivity contribution in [1.82, 2.24) is 0 Å². The second-order valence-corrected chi connectivity index (χ2v) is 8.51. The lowest BCUT2D eigenvalue weighted by Gasteiger charge is -2.31. The standard InChI is InChI=1S/C27H24FNO3/c1-17-5-6-18-4-3-15-27(26(30)23(18)16-17)24(19-9-13-22(31-2)14-10-19)25(29-32-27)20-7-11-21(28)12-8-20/h5-14,16,24H,3-4,15H2,1-2H3. The predicted molar refractivity (Wildman–Crippen MR) is 121 cm³/mol. The minimum Gasteiger partial charge on any atom is -0.497 e. The highest BCUT2D eigenvalue weighted by atomic mass is 19.1. The van der Waals surface area contributed by atoms with Gasteiger partial charge >= 0.3 is 0 Å². The van der Waals surface area contributed by atoms with E-state index in [2.05, 4.69) is 5.16 Å². The summed E-state index contributed by atoms with van der Waals surface area (Å²) in [5.41, 5.74) is 3.94. The molecule has 1 spiro atoms. The second kappa shape index (κ2) is 7.90. The molecule has 5 heteroatoms. The van der Waals surface area contributed by atoms with E-state index in [4.69, 9.17) is 9.57 Å². The summed E-state index contributed by atoms with van der Waals surface area (Å²) in [4.78, 5) is 20.2. The van der Waals surface area contributed by atoms with E-state index in [0.29, 0.717) is 17.7 Å². The van der Waals surface area contributed by atoms with Gasteiger partial charge in [-0.05, 0) is 67.6 Å².